The second-order valence-electron chi connectivity index (χ2n) is 9.15. The van der Waals surface area contributed by atoms with Gasteiger partial charge in [-0.2, -0.15) is 39.5 Å². The van der Waals surface area contributed by atoms with Crippen molar-refractivity contribution < 1.29 is 54.8 Å². The molecule has 41 heavy (non-hydrogen) atoms. The molecule has 0 heterocycles. The van der Waals surface area contributed by atoms with Crippen molar-refractivity contribution in [3.05, 3.63) is 125 Å². The van der Waals surface area contributed by atoms with E-state index in [2.05, 4.69) is 0 Å². The molecule has 1 aliphatic carbocycles. The van der Waals surface area contributed by atoms with Crippen molar-refractivity contribution in [1.29, 1.82) is 0 Å². The second kappa shape index (κ2) is 10.2. The quantitative estimate of drug-likeness (QED) is 0.269. The third-order valence-corrected chi connectivity index (χ3v) is 6.74. The molecule has 12 heteroatoms. The number of hydrogen-bond donors (Lipinski definition) is 3. The third kappa shape index (κ3) is 5.25. The highest BCUT2D eigenvalue weighted by molar-refractivity contribution is 5.86. The number of alkyl halides is 9. The molecular weight excluding hydrogens is 567 g/mol. The highest BCUT2D eigenvalue weighted by atomic mass is 19.4. The summed E-state index contributed by atoms with van der Waals surface area (Å²) in [6, 6.07) is 12.2. The molecule has 1 aliphatic rings. The number of phenols is 2. The van der Waals surface area contributed by atoms with E-state index in [0.29, 0.717) is 12.2 Å². The van der Waals surface area contributed by atoms with Crippen LogP contribution in [0.15, 0.2) is 108 Å². The van der Waals surface area contributed by atoms with Crippen molar-refractivity contribution in [2.45, 2.75) is 23.9 Å². The van der Waals surface area contributed by atoms with E-state index < -0.39 is 80.5 Å². The minimum atomic E-state index is -6.22. The van der Waals surface area contributed by atoms with Crippen molar-refractivity contribution in [2.24, 2.45) is 5.92 Å². The summed E-state index contributed by atoms with van der Waals surface area (Å²) in [6.07, 6.45) is -16.9. The van der Waals surface area contributed by atoms with Crippen molar-refractivity contribution in [2.75, 3.05) is 0 Å². The smallest absolute Gasteiger partial charge is 0.421 e. The predicted molar refractivity (Wildman–Crippen MR) is 131 cm³/mol. The van der Waals surface area contributed by atoms with Crippen molar-refractivity contribution in [3.63, 3.8) is 0 Å². The van der Waals surface area contributed by atoms with Gasteiger partial charge in [0.2, 0.25) is 0 Å². The Labute approximate surface area is 226 Å². The minimum Gasteiger partial charge on any atom is -0.508 e. The molecule has 216 valence electrons. The lowest BCUT2D eigenvalue weighted by molar-refractivity contribution is -0.190. The first kappa shape index (κ1) is 29.6. The molecule has 0 fully saturated rings. The lowest BCUT2D eigenvalue weighted by atomic mass is 9.59. The Kier molecular flexibility index (Phi) is 7.40. The summed E-state index contributed by atoms with van der Waals surface area (Å²) in [5.41, 5.74) is -11.8. The van der Waals surface area contributed by atoms with Gasteiger partial charge in [0.15, 0.2) is 0 Å². The highest BCUT2D eigenvalue weighted by Crippen LogP contribution is 2.59. The number of aromatic hydroxyl groups is 2. The summed E-state index contributed by atoms with van der Waals surface area (Å²) >= 11 is 0. The lowest BCUT2D eigenvalue weighted by Gasteiger charge is -2.45. The Hall–Kier alpha value is -4.35. The zero-order valence-electron chi connectivity index (χ0n) is 20.5. The number of hydrogen-bond acceptors (Lipinski definition) is 3. The number of benzene rings is 3. The van der Waals surface area contributed by atoms with Gasteiger partial charge in [0.25, 0.3) is 0 Å². The number of aliphatic hydroxyl groups excluding tert-OH is 1. The van der Waals surface area contributed by atoms with Gasteiger partial charge in [-0.1, -0.05) is 60.7 Å². The first-order chi connectivity index (χ1) is 19.0. The molecule has 2 unspecified atom stereocenters. The first-order valence-electron chi connectivity index (χ1n) is 11.7. The molecule has 0 amide bonds. The number of phenolic OH excluding ortho intramolecular Hbond substituents is 2. The van der Waals surface area contributed by atoms with Gasteiger partial charge in [-0.3, -0.25) is 0 Å². The van der Waals surface area contributed by atoms with Crippen LogP contribution < -0.4 is 0 Å². The van der Waals surface area contributed by atoms with Crippen LogP contribution in [-0.4, -0.2) is 33.8 Å². The Bertz CT molecular complexity index is 1480. The second-order valence-corrected chi connectivity index (χ2v) is 9.15. The third-order valence-electron chi connectivity index (χ3n) is 6.74. The molecule has 2 atom stereocenters. The van der Waals surface area contributed by atoms with Crippen LogP contribution in [0.4, 0.5) is 39.5 Å². The SMILES string of the molecule is OC1=C(c2ccc(O)cc2)C(=C(C(F)(F)F)C(F)(F)F)C(C(c2ccccc2)(c2ccc(O)cc2)C(F)(F)F)C=C1. The standard InChI is InChI=1S/C29H19F9O3/c30-27(31,32)25(28(33,34)35)24-21(14-15-22(41)23(24)16-6-10-19(39)11-7-16)26(29(36,37)38,17-4-2-1-3-5-17)18-8-12-20(40)13-9-18/h1-15,21,39-41H. The van der Waals surface area contributed by atoms with E-state index in [9.17, 15) is 41.7 Å². The number of rotatable bonds is 4. The maximum Gasteiger partial charge on any atom is 0.421 e. The Balaban J connectivity index is 2.26. The molecule has 3 aromatic rings. The Morgan fingerprint density at radius 2 is 1.05 bits per heavy atom. The van der Waals surface area contributed by atoms with Crippen molar-refractivity contribution >= 4 is 5.57 Å². The summed E-state index contributed by atoms with van der Waals surface area (Å²) in [7, 11) is 0. The van der Waals surface area contributed by atoms with Crippen LogP contribution >= 0.6 is 0 Å². The molecule has 3 N–H and O–H groups in total. The van der Waals surface area contributed by atoms with Gasteiger partial charge in [0.05, 0.1) is 0 Å². The summed E-state index contributed by atoms with van der Waals surface area (Å²) in [6.45, 7) is 0. The molecule has 0 bridgehead atoms. The van der Waals surface area contributed by atoms with Crippen molar-refractivity contribution in [3.8, 4) is 11.5 Å². The molecule has 0 radical (unpaired) electrons. The van der Waals surface area contributed by atoms with Gasteiger partial charge in [-0.05, 0) is 52.6 Å². The lowest BCUT2D eigenvalue weighted by Crippen LogP contribution is -2.51. The van der Waals surface area contributed by atoms with Gasteiger partial charge in [0.1, 0.15) is 28.2 Å². The van der Waals surface area contributed by atoms with E-state index >= 15 is 13.2 Å². The highest BCUT2D eigenvalue weighted by Gasteiger charge is 2.65. The zero-order valence-corrected chi connectivity index (χ0v) is 20.5. The van der Waals surface area contributed by atoms with Crippen LogP contribution in [0.25, 0.3) is 5.57 Å². The fourth-order valence-corrected chi connectivity index (χ4v) is 5.15. The molecule has 3 nitrogen and oxygen atoms in total. The summed E-state index contributed by atoms with van der Waals surface area (Å²) < 4.78 is 133. The average molecular weight is 586 g/mol. The molecule has 0 saturated carbocycles. The molecule has 0 aromatic heterocycles. The summed E-state index contributed by atoms with van der Waals surface area (Å²) in [5, 5.41) is 30.0. The molecule has 0 spiro atoms. The number of aliphatic hydroxyl groups is 1. The molecule has 3 aromatic carbocycles. The van der Waals surface area contributed by atoms with Crippen molar-refractivity contribution in [1.82, 2.24) is 0 Å². The molecule has 0 aliphatic heterocycles. The van der Waals surface area contributed by atoms with Crippen LogP contribution in [0, 0.1) is 5.92 Å². The monoisotopic (exact) mass is 586 g/mol. The van der Waals surface area contributed by atoms with Crippen LogP contribution in [0.1, 0.15) is 16.7 Å². The van der Waals surface area contributed by atoms with Crippen LogP contribution in [0.3, 0.4) is 0 Å². The molecular formula is C29H19F9O3. The van der Waals surface area contributed by atoms with Crippen LogP contribution in [-0.2, 0) is 5.41 Å². The Morgan fingerprint density at radius 1 is 0.585 bits per heavy atom. The van der Waals surface area contributed by atoms with E-state index in [1.807, 2.05) is 0 Å². The minimum absolute atomic E-state index is 0.438. The summed E-state index contributed by atoms with van der Waals surface area (Å²) in [4.78, 5) is 0. The van der Waals surface area contributed by atoms with E-state index in [0.717, 1.165) is 72.8 Å². The Morgan fingerprint density at radius 3 is 1.51 bits per heavy atom. The van der Waals surface area contributed by atoms with E-state index in [4.69, 9.17) is 0 Å². The topological polar surface area (TPSA) is 60.7 Å². The van der Waals surface area contributed by atoms with E-state index in [-0.39, 0.29) is 0 Å². The van der Waals surface area contributed by atoms with Gasteiger partial charge in [0, 0.05) is 11.5 Å². The fraction of sp³-hybridized carbons (Fsp3) is 0.172. The van der Waals surface area contributed by atoms with Gasteiger partial charge in [-0.15, -0.1) is 0 Å². The van der Waals surface area contributed by atoms with Gasteiger partial charge < -0.3 is 15.3 Å². The predicted octanol–water partition coefficient (Wildman–Crippen LogP) is 8.52. The van der Waals surface area contributed by atoms with Gasteiger partial charge >= 0.3 is 18.5 Å². The number of allylic oxidation sites excluding steroid dienone is 5. The summed E-state index contributed by atoms with van der Waals surface area (Å²) in [5.74, 6) is -4.83. The average Bonchev–Trinajstić information content (AvgIpc) is 2.86. The van der Waals surface area contributed by atoms with E-state index in [1.165, 1.54) is 6.07 Å². The largest absolute Gasteiger partial charge is 0.508 e. The number of halogens is 9. The fourth-order valence-electron chi connectivity index (χ4n) is 5.15. The normalized spacial score (nSPS) is 17.9. The zero-order chi connectivity index (χ0) is 30.4. The maximum atomic E-state index is 15.5. The first-order valence-corrected chi connectivity index (χ1v) is 11.7. The van der Waals surface area contributed by atoms with E-state index in [1.54, 1.807) is 0 Å². The maximum absolute atomic E-state index is 15.5. The van der Waals surface area contributed by atoms with Crippen LogP contribution in [0.5, 0.6) is 11.5 Å². The molecule has 4 rings (SSSR count). The molecule has 0 saturated heterocycles. The van der Waals surface area contributed by atoms with Crippen LogP contribution in [0.2, 0.25) is 0 Å². The van der Waals surface area contributed by atoms with Gasteiger partial charge in [-0.25, -0.2) is 0 Å².